The Labute approximate surface area is 201 Å². The van der Waals surface area contributed by atoms with Crippen LogP contribution in [-0.4, -0.2) is 46.7 Å². The van der Waals surface area contributed by atoms with Gasteiger partial charge in [0, 0.05) is 42.2 Å². The van der Waals surface area contributed by atoms with Gasteiger partial charge in [-0.05, 0) is 35.9 Å². The van der Waals surface area contributed by atoms with Gasteiger partial charge in [0.15, 0.2) is 0 Å². The lowest BCUT2D eigenvalue weighted by Crippen LogP contribution is -2.33. The van der Waals surface area contributed by atoms with E-state index >= 15 is 0 Å². The molecule has 1 aliphatic rings. The molecule has 10 heteroatoms. The van der Waals surface area contributed by atoms with Crippen molar-refractivity contribution in [3.05, 3.63) is 84.1 Å². The summed E-state index contributed by atoms with van der Waals surface area (Å²) in [7, 11) is 0. The number of hydrogen-bond acceptors (Lipinski definition) is 6. The lowest BCUT2D eigenvalue weighted by atomic mass is 10.2. The summed E-state index contributed by atoms with van der Waals surface area (Å²) in [6, 6.07) is 18.9. The van der Waals surface area contributed by atoms with Crippen LogP contribution in [0.25, 0.3) is 0 Å². The van der Waals surface area contributed by atoms with Gasteiger partial charge >= 0.3 is 6.03 Å². The molecule has 0 spiro atoms. The molecule has 10 nitrogen and oxygen atoms in total. The third-order valence-corrected chi connectivity index (χ3v) is 5.15. The summed E-state index contributed by atoms with van der Waals surface area (Å²) in [5.74, 6) is -0.684. The van der Waals surface area contributed by atoms with Crippen molar-refractivity contribution in [1.29, 1.82) is 0 Å². The minimum absolute atomic E-state index is 0.00756. The Morgan fingerprint density at radius 3 is 2.37 bits per heavy atom. The molecule has 0 bridgehead atoms. The van der Waals surface area contributed by atoms with Crippen LogP contribution in [0.15, 0.2) is 72.9 Å². The van der Waals surface area contributed by atoms with Crippen molar-refractivity contribution in [3.63, 3.8) is 0 Å². The molecular weight excluding hydrogens is 450 g/mol. The zero-order valence-corrected chi connectivity index (χ0v) is 18.7. The van der Waals surface area contributed by atoms with Gasteiger partial charge in [-0.15, -0.1) is 0 Å². The van der Waals surface area contributed by atoms with Gasteiger partial charge in [-0.1, -0.05) is 30.3 Å². The summed E-state index contributed by atoms with van der Waals surface area (Å²) in [6.07, 6.45) is 1.49. The van der Waals surface area contributed by atoms with Crippen LogP contribution in [-0.2, 0) is 16.2 Å². The number of nitrogens with one attached hydrogen (secondary N) is 3. The summed E-state index contributed by atoms with van der Waals surface area (Å²) in [4.78, 5) is 53.0. The number of carbonyl (C=O) groups excluding carboxylic acids is 4. The predicted octanol–water partition coefficient (Wildman–Crippen LogP) is 2.79. The van der Waals surface area contributed by atoms with E-state index in [1.165, 1.54) is 6.20 Å². The summed E-state index contributed by atoms with van der Waals surface area (Å²) < 4.78 is 5.67. The number of pyridine rings is 1. The Morgan fingerprint density at radius 2 is 1.69 bits per heavy atom. The number of rotatable bonds is 9. The highest BCUT2D eigenvalue weighted by atomic mass is 16.5. The molecule has 2 aromatic carbocycles. The van der Waals surface area contributed by atoms with Gasteiger partial charge < -0.3 is 20.7 Å². The number of amides is 5. The van der Waals surface area contributed by atoms with Crippen molar-refractivity contribution in [2.24, 2.45) is 0 Å². The van der Waals surface area contributed by atoms with E-state index in [0.717, 1.165) is 10.5 Å². The second kappa shape index (κ2) is 10.9. The molecule has 0 saturated carbocycles. The average molecular weight is 473 g/mol. The third-order valence-electron chi connectivity index (χ3n) is 5.15. The number of nitrogens with zero attached hydrogens (tertiary/aromatic N) is 2. The first-order valence-electron chi connectivity index (χ1n) is 10.9. The van der Waals surface area contributed by atoms with E-state index in [4.69, 9.17) is 4.74 Å². The summed E-state index contributed by atoms with van der Waals surface area (Å²) in [5, 5.41) is 7.89. The number of anilines is 2. The number of hydrogen-bond donors (Lipinski definition) is 3. The normalized spacial score (nSPS) is 12.7. The van der Waals surface area contributed by atoms with Crippen molar-refractivity contribution in [1.82, 2.24) is 15.2 Å². The first-order valence-corrected chi connectivity index (χ1v) is 10.9. The molecule has 1 saturated heterocycles. The van der Waals surface area contributed by atoms with E-state index in [0.29, 0.717) is 29.4 Å². The van der Waals surface area contributed by atoms with E-state index in [-0.39, 0.29) is 37.2 Å². The van der Waals surface area contributed by atoms with Crippen LogP contribution in [0.4, 0.5) is 16.2 Å². The summed E-state index contributed by atoms with van der Waals surface area (Å²) in [6.45, 7) is 0.302. The van der Waals surface area contributed by atoms with Crippen molar-refractivity contribution in [2.75, 3.05) is 23.7 Å². The monoisotopic (exact) mass is 473 g/mol. The Hall–Kier alpha value is -4.73. The molecule has 1 aromatic heterocycles. The molecule has 1 fully saturated rings. The number of carbonyl (C=O) groups is 4. The standard InChI is InChI=1S/C25H23N5O5/c31-21(11-13-30-23(32)15-27-25(30)34)28-19-6-8-20(9-7-19)29-24(33)18-10-12-26-22(14-18)35-16-17-4-2-1-3-5-17/h1-10,12,14H,11,13,15-16H2,(H,27,34)(H,28,31)(H,29,33). The van der Waals surface area contributed by atoms with Gasteiger partial charge in [-0.2, -0.15) is 0 Å². The zero-order valence-electron chi connectivity index (χ0n) is 18.7. The van der Waals surface area contributed by atoms with Gasteiger partial charge in [0.2, 0.25) is 17.7 Å². The van der Waals surface area contributed by atoms with Gasteiger partial charge in [-0.25, -0.2) is 9.78 Å². The molecule has 178 valence electrons. The van der Waals surface area contributed by atoms with Crippen LogP contribution in [0.1, 0.15) is 22.3 Å². The van der Waals surface area contributed by atoms with Crippen LogP contribution >= 0.6 is 0 Å². The van der Waals surface area contributed by atoms with Crippen LogP contribution < -0.4 is 20.7 Å². The fourth-order valence-corrected chi connectivity index (χ4v) is 3.32. The Morgan fingerprint density at radius 1 is 0.971 bits per heavy atom. The number of benzene rings is 2. The van der Waals surface area contributed by atoms with Crippen molar-refractivity contribution >= 4 is 35.1 Å². The molecule has 4 rings (SSSR count). The smallest absolute Gasteiger partial charge is 0.324 e. The van der Waals surface area contributed by atoms with E-state index in [1.807, 2.05) is 30.3 Å². The van der Waals surface area contributed by atoms with Crippen LogP contribution in [0.5, 0.6) is 5.88 Å². The van der Waals surface area contributed by atoms with Crippen molar-refractivity contribution in [3.8, 4) is 5.88 Å². The molecule has 35 heavy (non-hydrogen) atoms. The van der Waals surface area contributed by atoms with Crippen LogP contribution in [0.3, 0.4) is 0 Å². The first-order chi connectivity index (χ1) is 17.0. The fourth-order valence-electron chi connectivity index (χ4n) is 3.32. The lowest BCUT2D eigenvalue weighted by Gasteiger charge is -2.12. The second-order valence-corrected chi connectivity index (χ2v) is 7.69. The molecule has 0 aliphatic carbocycles. The number of urea groups is 1. The number of ether oxygens (including phenoxy) is 1. The molecule has 0 unspecified atom stereocenters. The highest BCUT2D eigenvalue weighted by Crippen LogP contribution is 2.17. The van der Waals surface area contributed by atoms with Gasteiger partial charge in [0.1, 0.15) is 6.61 Å². The minimum atomic E-state index is -0.494. The summed E-state index contributed by atoms with van der Waals surface area (Å²) >= 11 is 0. The van der Waals surface area contributed by atoms with E-state index in [2.05, 4.69) is 20.9 Å². The maximum absolute atomic E-state index is 12.6. The third kappa shape index (κ3) is 6.41. The lowest BCUT2D eigenvalue weighted by molar-refractivity contribution is -0.125. The molecule has 0 atom stereocenters. The van der Waals surface area contributed by atoms with E-state index in [9.17, 15) is 19.2 Å². The highest BCUT2D eigenvalue weighted by molar-refractivity contribution is 6.04. The molecule has 0 radical (unpaired) electrons. The minimum Gasteiger partial charge on any atom is -0.473 e. The average Bonchev–Trinajstić information content (AvgIpc) is 3.20. The molecular formula is C25H23N5O5. The number of aromatic nitrogens is 1. The van der Waals surface area contributed by atoms with E-state index < -0.39 is 6.03 Å². The van der Waals surface area contributed by atoms with Gasteiger partial charge in [0.05, 0.1) is 6.54 Å². The molecule has 2 heterocycles. The topological polar surface area (TPSA) is 130 Å². The second-order valence-electron chi connectivity index (χ2n) is 7.69. The SMILES string of the molecule is O=C(CCN1C(=O)CNC1=O)Nc1ccc(NC(=O)c2ccnc(OCc3ccccc3)c2)cc1. The Bertz CT molecular complexity index is 1210. The van der Waals surface area contributed by atoms with Crippen molar-refractivity contribution < 1.29 is 23.9 Å². The molecule has 3 N–H and O–H groups in total. The molecule has 5 amide bonds. The maximum Gasteiger partial charge on any atom is 0.324 e. The highest BCUT2D eigenvalue weighted by Gasteiger charge is 2.28. The maximum atomic E-state index is 12.6. The number of imide groups is 1. The van der Waals surface area contributed by atoms with Crippen LogP contribution in [0.2, 0.25) is 0 Å². The molecule has 3 aromatic rings. The molecule has 1 aliphatic heterocycles. The first kappa shape index (κ1) is 23.4. The fraction of sp³-hybridized carbons (Fsp3) is 0.160. The van der Waals surface area contributed by atoms with Gasteiger partial charge in [-0.3, -0.25) is 19.3 Å². The largest absolute Gasteiger partial charge is 0.473 e. The zero-order chi connectivity index (χ0) is 24.6. The Kier molecular flexibility index (Phi) is 7.31. The Balaban J connectivity index is 1.27. The predicted molar refractivity (Wildman–Crippen MR) is 128 cm³/mol. The summed E-state index contributed by atoms with van der Waals surface area (Å²) in [5.41, 5.74) is 2.44. The van der Waals surface area contributed by atoms with Gasteiger partial charge in [0.25, 0.3) is 5.91 Å². The van der Waals surface area contributed by atoms with Crippen molar-refractivity contribution in [2.45, 2.75) is 13.0 Å². The quantitative estimate of drug-likeness (QED) is 0.410. The van der Waals surface area contributed by atoms with Crippen LogP contribution in [0, 0.1) is 0 Å². The van der Waals surface area contributed by atoms with E-state index in [1.54, 1.807) is 36.4 Å².